The molecule has 1 heterocycles. The Labute approximate surface area is 108 Å². The molecule has 1 aliphatic rings. The van der Waals surface area contributed by atoms with Gasteiger partial charge in [0.15, 0.2) is 0 Å². The number of para-hydroxylation sites is 1. The number of rotatable bonds is 5. The molecule has 0 aromatic heterocycles. The van der Waals surface area contributed by atoms with E-state index in [0.717, 1.165) is 19.4 Å². The predicted octanol–water partition coefficient (Wildman–Crippen LogP) is 2.62. The summed E-state index contributed by atoms with van der Waals surface area (Å²) in [7, 11) is 0. The van der Waals surface area contributed by atoms with Gasteiger partial charge in [-0.05, 0) is 38.3 Å². The van der Waals surface area contributed by atoms with E-state index in [9.17, 15) is 0 Å². The quantitative estimate of drug-likeness (QED) is 0.817. The van der Waals surface area contributed by atoms with E-state index >= 15 is 0 Å². The van der Waals surface area contributed by atoms with Crippen LogP contribution in [-0.4, -0.2) is 25.9 Å². The van der Waals surface area contributed by atoms with Crippen molar-refractivity contribution in [3.63, 3.8) is 0 Å². The second-order valence-electron chi connectivity index (χ2n) is 4.40. The third-order valence-electron chi connectivity index (χ3n) is 3.02. The van der Waals surface area contributed by atoms with Crippen LogP contribution in [0.1, 0.15) is 26.2 Å². The molecule has 0 saturated carbocycles. The highest BCUT2D eigenvalue weighted by Gasteiger charge is 2.15. The van der Waals surface area contributed by atoms with E-state index in [1.807, 2.05) is 25.1 Å². The summed E-state index contributed by atoms with van der Waals surface area (Å²) in [5.41, 5.74) is 6.56. The van der Waals surface area contributed by atoms with E-state index in [2.05, 4.69) is 0 Å². The fraction of sp³-hybridized carbons (Fsp3) is 0.571. The molecule has 1 aliphatic heterocycles. The zero-order valence-corrected chi connectivity index (χ0v) is 10.9. The molecule has 1 fully saturated rings. The number of nitrogens with two attached hydrogens (primary N) is 1. The lowest BCUT2D eigenvalue weighted by Gasteiger charge is -2.23. The lowest BCUT2D eigenvalue weighted by atomic mass is 10.1. The zero-order chi connectivity index (χ0) is 12.8. The first kappa shape index (κ1) is 13.0. The summed E-state index contributed by atoms with van der Waals surface area (Å²) in [5, 5.41) is 0. The Hall–Kier alpha value is -1.42. The molecule has 2 rings (SSSR count). The largest absolute Gasteiger partial charge is 0.492 e. The van der Waals surface area contributed by atoms with E-state index in [0.29, 0.717) is 30.4 Å². The Morgan fingerprint density at radius 3 is 2.72 bits per heavy atom. The third kappa shape index (κ3) is 3.29. The van der Waals surface area contributed by atoms with Crippen LogP contribution in [0.2, 0.25) is 0 Å². The smallest absolute Gasteiger partial charge is 0.146 e. The van der Waals surface area contributed by atoms with Gasteiger partial charge in [-0.1, -0.05) is 6.07 Å². The number of ether oxygens (including phenoxy) is 3. The first-order valence-electron chi connectivity index (χ1n) is 6.57. The molecule has 0 aliphatic carbocycles. The van der Waals surface area contributed by atoms with Crippen LogP contribution in [-0.2, 0) is 4.74 Å². The molecule has 100 valence electrons. The molecule has 0 bridgehead atoms. The molecular weight excluding hydrogens is 230 g/mol. The number of anilines is 1. The minimum absolute atomic E-state index is 0.189. The van der Waals surface area contributed by atoms with Gasteiger partial charge in [-0.25, -0.2) is 0 Å². The van der Waals surface area contributed by atoms with E-state index in [4.69, 9.17) is 19.9 Å². The van der Waals surface area contributed by atoms with Gasteiger partial charge in [0, 0.05) is 6.61 Å². The van der Waals surface area contributed by atoms with Crippen LogP contribution in [0.3, 0.4) is 0 Å². The van der Waals surface area contributed by atoms with Crippen LogP contribution in [0, 0.1) is 0 Å². The number of hydrogen-bond donors (Lipinski definition) is 1. The third-order valence-corrected chi connectivity index (χ3v) is 3.02. The lowest BCUT2D eigenvalue weighted by molar-refractivity contribution is -0.0109. The van der Waals surface area contributed by atoms with E-state index in [-0.39, 0.29) is 6.10 Å². The molecule has 1 atom stereocenters. The van der Waals surface area contributed by atoms with Crippen LogP contribution in [0.5, 0.6) is 11.5 Å². The molecule has 1 saturated heterocycles. The van der Waals surface area contributed by atoms with Crippen LogP contribution >= 0.6 is 0 Å². The molecule has 1 aromatic rings. The second-order valence-corrected chi connectivity index (χ2v) is 4.40. The van der Waals surface area contributed by atoms with E-state index in [1.165, 1.54) is 6.42 Å². The van der Waals surface area contributed by atoms with Crippen molar-refractivity contribution in [1.82, 2.24) is 0 Å². The molecule has 0 amide bonds. The molecule has 1 aromatic carbocycles. The summed E-state index contributed by atoms with van der Waals surface area (Å²) in [6.07, 6.45) is 3.61. The topological polar surface area (TPSA) is 53.7 Å². The van der Waals surface area contributed by atoms with Gasteiger partial charge in [-0.2, -0.15) is 0 Å². The predicted molar refractivity (Wildman–Crippen MR) is 71.1 cm³/mol. The van der Waals surface area contributed by atoms with Gasteiger partial charge < -0.3 is 19.9 Å². The molecule has 0 radical (unpaired) electrons. The normalized spacial score (nSPS) is 19.5. The average molecular weight is 251 g/mol. The molecule has 0 spiro atoms. The fourth-order valence-electron chi connectivity index (χ4n) is 2.05. The summed E-state index contributed by atoms with van der Waals surface area (Å²) < 4.78 is 16.8. The van der Waals surface area contributed by atoms with Crippen LogP contribution in [0.15, 0.2) is 18.2 Å². The van der Waals surface area contributed by atoms with Gasteiger partial charge >= 0.3 is 0 Å². The highest BCUT2D eigenvalue weighted by molar-refractivity contribution is 5.62. The van der Waals surface area contributed by atoms with Crippen LogP contribution in [0.25, 0.3) is 0 Å². The first-order valence-corrected chi connectivity index (χ1v) is 6.57. The van der Waals surface area contributed by atoms with Crippen molar-refractivity contribution in [3.8, 4) is 11.5 Å². The Morgan fingerprint density at radius 1 is 1.28 bits per heavy atom. The maximum atomic E-state index is 5.99. The number of hydrogen-bond acceptors (Lipinski definition) is 4. The summed E-state index contributed by atoms with van der Waals surface area (Å²) in [5.74, 6) is 1.36. The fourth-order valence-corrected chi connectivity index (χ4v) is 2.05. The molecular formula is C14H21NO3. The Morgan fingerprint density at radius 2 is 2.06 bits per heavy atom. The van der Waals surface area contributed by atoms with Gasteiger partial charge in [0.1, 0.15) is 23.8 Å². The first-order chi connectivity index (χ1) is 8.81. The minimum atomic E-state index is 0.189. The van der Waals surface area contributed by atoms with Crippen molar-refractivity contribution in [2.24, 2.45) is 0 Å². The lowest BCUT2D eigenvalue weighted by Crippen LogP contribution is -2.26. The van der Waals surface area contributed by atoms with Gasteiger partial charge in [0.2, 0.25) is 0 Å². The maximum absolute atomic E-state index is 5.99. The van der Waals surface area contributed by atoms with Crippen molar-refractivity contribution >= 4 is 5.69 Å². The summed E-state index contributed by atoms with van der Waals surface area (Å²) >= 11 is 0. The maximum Gasteiger partial charge on any atom is 0.146 e. The van der Waals surface area contributed by atoms with Gasteiger partial charge in [-0.3, -0.25) is 0 Å². The Bertz CT molecular complexity index is 375. The van der Waals surface area contributed by atoms with E-state index in [1.54, 1.807) is 0 Å². The molecule has 18 heavy (non-hydrogen) atoms. The summed E-state index contributed by atoms with van der Waals surface area (Å²) in [6.45, 7) is 3.92. The standard InChI is InChI=1S/C14H21NO3/c1-2-16-12-7-5-8-13(14(12)15)18-10-11-6-3-4-9-17-11/h5,7-8,11H,2-4,6,9-10,15H2,1H3. The molecule has 1 unspecified atom stereocenters. The molecule has 2 N–H and O–H groups in total. The highest BCUT2D eigenvalue weighted by atomic mass is 16.5. The summed E-state index contributed by atoms with van der Waals surface area (Å²) in [4.78, 5) is 0. The van der Waals surface area contributed by atoms with Crippen molar-refractivity contribution in [3.05, 3.63) is 18.2 Å². The van der Waals surface area contributed by atoms with Gasteiger partial charge in [0.05, 0.1) is 12.7 Å². The number of benzene rings is 1. The van der Waals surface area contributed by atoms with Crippen molar-refractivity contribution in [2.75, 3.05) is 25.6 Å². The van der Waals surface area contributed by atoms with Crippen LogP contribution in [0.4, 0.5) is 5.69 Å². The monoisotopic (exact) mass is 251 g/mol. The Kier molecular flexibility index (Phi) is 4.70. The Balaban J connectivity index is 1.93. The van der Waals surface area contributed by atoms with E-state index < -0.39 is 0 Å². The van der Waals surface area contributed by atoms with Crippen LogP contribution < -0.4 is 15.2 Å². The number of nitrogen functional groups attached to an aromatic ring is 1. The van der Waals surface area contributed by atoms with Crippen molar-refractivity contribution < 1.29 is 14.2 Å². The van der Waals surface area contributed by atoms with Gasteiger partial charge in [-0.15, -0.1) is 0 Å². The summed E-state index contributed by atoms with van der Waals surface area (Å²) in [6, 6.07) is 5.60. The molecule has 4 nitrogen and oxygen atoms in total. The zero-order valence-electron chi connectivity index (χ0n) is 10.9. The second kappa shape index (κ2) is 6.50. The minimum Gasteiger partial charge on any atom is -0.492 e. The van der Waals surface area contributed by atoms with Crippen molar-refractivity contribution in [2.45, 2.75) is 32.3 Å². The highest BCUT2D eigenvalue weighted by Crippen LogP contribution is 2.31. The SMILES string of the molecule is CCOc1cccc(OCC2CCCCO2)c1N. The molecule has 4 heteroatoms. The van der Waals surface area contributed by atoms with Gasteiger partial charge in [0.25, 0.3) is 0 Å². The average Bonchev–Trinajstić information content (AvgIpc) is 2.41. The van der Waals surface area contributed by atoms with Crippen molar-refractivity contribution in [1.29, 1.82) is 0 Å².